The van der Waals surface area contributed by atoms with Crippen molar-refractivity contribution in [1.29, 1.82) is 0 Å². The molecule has 0 radical (unpaired) electrons. The summed E-state index contributed by atoms with van der Waals surface area (Å²) in [6.07, 6.45) is 0. The zero-order valence-electron chi connectivity index (χ0n) is 14.8. The van der Waals surface area contributed by atoms with Crippen LogP contribution in [0.4, 0.5) is 0 Å². The molecule has 9 heteroatoms. The van der Waals surface area contributed by atoms with E-state index in [0.29, 0.717) is 12.4 Å². The first-order chi connectivity index (χ1) is 11.8. The molecular formula is C16H22BrN3O4Si. The molecule has 0 aliphatic carbocycles. The number of halogens is 1. The lowest BCUT2D eigenvalue weighted by atomic mass is 10.3. The normalized spacial score (nSPS) is 11.4. The minimum absolute atomic E-state index is 0.0132. The van der Waals surface area contributed by atoms with Crippen LogP contribution < -0.4 is 4.74 Å². The first-order valence-electron chi connectivity index (χ1n) is 7.83. The lowest BCUT2D eigenvalue weighted by molar-refractivity contribution is 0.0587. The van der Waals surface area contributed by atoms with Crippen molar-refractivity contribution in [2.45, 2.75) is 32.4 Å². The van der Waals surface area contributed by atoms with Crippen molar-refractivity contribution in [1.82, 2.24) is 15.0 Å². The van der Waals surface area contributed by atoms with E-state index in [0.717, 1.165) is 10.5 Å². The number of hydrogen-bond donors (Lipinski definition) is 0. The van der Waals surface area contributed by atoms with E-state index < -0.39 is 14.0 Å². The van der Waals surface area contributed by atoms with Crippen LogP contribution in [0.3, 0.4) is 0 Å². The predicted octanol–water partition coefficient (Wildman–Crippen LogP) is 3.93. The molecule has 2 rings (SSSR count). The van der Waals surface area contributed by atoms with Gasteiger partial charge in [-0.2, -0.15) is 4.68 Å². The fraction of sp³-hybridized carbons (Fsp3) is 0.438. The number of rotatable bonds is 8. The number of carbonyl (C=O) groups is 1. The van der Waals surface area contributed by atoms with Crippen LogP contribution in [0.1, 0.15) is 10.5 Å². The summed E-state index contributed by atoms with van der Waals surface area (Å²) in [7, 11) is 0.113. The maximum Gasteiger partial charge on any atom is 0.364 e. The third kappa shape index (κ3) is 5.94. The molecule has 0 saturated carbocycles. The van der Waals surface area contributed by atoms with Crippen molar-refractivity contribution in [3.05, 3.63) is 34.4 Å². The summed E-state index contributed by atoms with van der Waals surface area (Å²) in [6, 6.07) is 8.26. The average Bonchev–Trinajstić information content (AvgIpc) is 2.95. The fourth-order valence-corrected chi connectivity index (χ4v) is 2.88. The van der Waals surface area contributed by atoms with Gasteiger partial charge in [-0.05, 0) is 30.3 Å². The number of methoxy groups -OCH3 is 1. The highest BCUT2D eigenvalue weighted by atomic mass is 79.9. The Bertz CT molecular complexity index is 713. The van der Waals surface area contributed by atoms with Gasteiger partial charge in [0.1, 0.15) is 12.5 Å². The molecule has 0 fully saturated rings. The SMILES string of the molecule is COC(=O)c1nnn(COCC[Si](C)(C)C)c1Oc1ccc(Br)cc1. The number of carbonyl (C=O) groups excluding carboxylic acids is 1. The summed E-state index contributed by atoms with van der Waals surface area (Å²) < 4.78 is 18.6. The molecule has 2 aromatic rings. The molecule has 25 heavy (non-hydrogen) atoms. The second-order valence-electron chi connectivity index (χ2n) is 6.64. The second kappa shape index (κ2) is 8.59. The van der Waals surface area contributed by atoms with Gasteiger partial charge >= 0.3 is 5.97 Å². The predicted molar refractivity (Wildman–Crippen MR) is 99.7 cm³/mol. The van der Waals surface area contributed by atoms with Crippen LogP contribution in [-0.2, 0) is 16.2 Å². The molecule has 1 heterocycles. The Morgan fingerprint density at radius 3 is 2.52 bits per heavy atom. The van der Waals surface area contributed by atoms with Crippen LogP contribution >= 0.6 is 15.9 Å². The van der Waals surface area contributed by atoms with Gasteiger partial charge < -0.3 is 14.2 Å². The summed E-state index contributed by atoms with van der Waals surface area (Å²) in [6.45, 7) is 7.62. The van der Waals surface area contributed by atoms with Gasteiger partial charge in [-0.15, -0.1) is 5.10 Å². The van der Waals surface area contributed by atoms with E-state index in [1.54, 1.807) is 12.1 Å². The Balaban J connectivity index is 2.14. The molecule has 0 aliphatic heterocycles. The van der Waals surface area contributed by atoms with Crippen LogP contribution in [-0.4, -0.2) is 42.8 Å². The molecule has 136 valence electrons. The summed E-state index contributed by atoms with van der Waals surface area (Å²) in [5.74, 6) is 0.140. The molecule has 1 aromatic carbocycles. The van der Waals surface area contributed by atoms with E-state index in [1.165, 1.54) is 11.8 Å². The zero-order chi connectivity index (χ0) is 18.4. The molecule has 1 aromatic heterocycles. The van der Waals surface area contributed by atoms with Crippen LogP contribution in [0.2, 0.25) is 25.7 Å². The highest BCUT2D eigenvalue weighted by Crippen LogP contribution is 2.26. The van der Waals surface area contributed by atoms with Crippen molar-refractivity contribution >= 4 is 30.0 Å². The largest absolute Gasteiger partial charge is 0.464 e. The third-order valence-corrected chi connectivity index (χ3v) is 5.54. The maximum absolute atomic E-state index is 11.9. The molecule has 0 atom stereocenters. The van der Waals surface area contributed by atoms with Crippen molar-refractivity contribution < 1.29 is 19.0 Å². The van der Waals surface area contributed by atoms with Crippen molar-refractivity contribution in [2.75, 3.05) is 13.7 Å². The first kappa shape index (κ1) is 19.6. The summed E-state index contributed by atoms with van der Waals surface area (Å²) in [5.41, 5.74) is 0.0132. The molecule has 0 amide bonds. The van der Waals surface area contributed by atoms with E-state index in [9.17, 15) is 4.79 Å². The molecule has 7 nitrogen and oxygen atoms in total. The standard InChI is InChI=1S/C16H22BrN3O4Si/c1-22-16(21)14-15(24-13-7-5-12(17)6-8-13)20(19-18-14)11-23-9-10-25(2,3)4/h5-8H,9-11H2,1-4H3. The molecule has 0 saturated heterocycles. The highest BCUT2D eigenvalue weighted by molar-refractivity contribution is 9.10. The molecule has 0 N–H and O–H groups in total. The van der Waals surface area contributed by atoms with Gasteiger partial charge in [0.25, 0.3) is 5.88 Å². The number of nitrogens with zero attached hydrogens (tertiary/aromatic N) is 3. The molecule has 0 spiro atoms. The van der Waals surface area contributed by atoms with E-state index in [1.807, 2.05) is 12.1 Å². The monoisotopic (exact) mass is 427 g/mol. The Labute approximate surface area is 156 Å². The Morgan fingerprint density at radius 1 is 1.24 bits per heavy atom. The van der Waals surface area contributed by atoms with E-state index in [4.69, 9.17) is 14.2 Å². The zero-order valence-corrected chi connectivity index (χ0v) is 17.4. The molecular weight excluding hydrogens is 406 g/mol. The number of benzene rings is 1. The fourth-order valence-electron chi connectivity index (χ4n) is 1.86. The maximum atomic E-state index is 11.9. The highest BCUT2D eigenvalue weighted by Gasteiger charge is 2.23. The summed E-state index contributed by atoms with van der Waals surface area (Å²) in [4.78, 5) is 11.9. The van der Waals surface area contributed by atoms with Crippen molar-refractivity contribution in [2.24, 2.45) is 0 Å². The van der Waals surface area contributed by atoms with Gasteiger partial charge in [-0.25, -0.2) is 4.79 Å². The summed E-state index contributed by atoms with van der Waals surface area (Å²) >= 11 is 3.37. The topological polar surface area (TPSA) is 75.5 Å². The minimum Gasteiger partial charge on any atom is -0.464 e. The van der Waals surface area contributed by atoms with Crippen molar-refractivity contribution in [3.63, 3.8) is 0 Å². The number of esters is 1. The van der Waals surface area contributed by atoms with Crippen LogP contribution in [0, 0.1) is 0 Å². The van der Waals surface area contributed by atoms with Gasteiger partial charge in [-0.1, -0.05) is 40.8 Å². The second-order valence-corrected chi connectivity index (χ2v) is 13.2. The Kier molecular flexibility index (Phi) is 6.74. The Morgan fingerprint density at radius 2 is 1.92 bits per heavy atom. The van der Waals surface area contributed by atoms with Gasteiger partial charge in [-0.3, -0.25) is 0 Å². The summed E-state index contributed by atoms with van der Waals surface area (Å²) in [5, 5.41) is 7.81. The van der Waals surface area contributed by atoms with Crippen LogP contribution in [0.25, 0.3) is 0 Å². The van der Waals surface area contributed by atoms with Gasteiger partial charge in [0.05, 0.1) is 7.11 Å². The number of hydrogen-bond acceptors (Lipinski definition) is 6. The van der Waals surface area contributed by atoms with Gasteiger partial charge in [0.15, 0.2) is 0 Å². The minimum atomic E-state index is -1.17. The third-order valence-electron chi connectivity index (χ3n) is 3.31. The molecule has 0 bridgehead atoms. The average molecular weight is 428 g/mol. The van der Waals surface area contributed by atoms with E-state index in [2.05, 4.69) is 45.9 Å². The van der Waals surface area contributed by atoms with Gasteiger partial charge in [0, 0.05) is 19.2 Å². The van der Waals surface area contributed by atoms with Gasteiger partial charge in [0.2, 0.25) is 5.69 Å². The molecule has 0 aliphatic rings. The number of aromatic nitrogens is 3. The number of ether oxygens (including phenoxy) is 3. The van der Waals surface area contributed by atoms with Crippen LogP contribution in [0.15, 0.2) is 28.7 Å². The van der Waals surface area contributed by atoms with E-state index >= 15 is 0 Å². The van der Waals surface area contributed by atoms with Crippen molar-refractivity contribution in [3.8, 4) is 11.6 Å². The Hall–Kier alpha value is -1.71. The van der Waals surface area contributed by atoms with E-state index in [-0.39, 0.29) is 18.3 Å². The lowest BCUT2D eigenvalue weighted by Gasteiger charge is -2.15. The smallest absolute Gasteiger partial charge is 0.364 e. The lowest BCUT2D eigenvalue weighted by Crippen LogP contribution is -2.22. The van der Waals surface area contributed by atoms with Crippen LogP contribution in [0.5, 0.6) is 11.6 Å². The molecule has 0 unspecified atom stereocenters. The first-order valence-corrected chi connectivity index (χ1v) is 12.3. The quantitative estimate of drug-likeness (QED) is 0.360.